The van der Waals surface area contributed by atoms with Crippen LogP contribution in [0.15, 0.2) is 0 Å². The van der Waals surface area contributed by atoms with Crippen LogP contribution in [-0.4, -0.2) is 35.4 Å². The van der Waals surface area contributed by atoms with Gasteiger partial charge in [0.25, 0.3) is 6.43 Å². The molecule has 0 aliphatic heterocycles. The van der Waals surface area contributed by atoms with Crippen LogP contribution < -0.4 is 5.32 Å². The summed E-state index contributed by atoms with van der Waals surface area (Å²) in [4.78, 5) is 11.0. The Morgan fingerprint density at radius 3 is 2.57 bits per heavy atom. The maximum Gasteiger partial charge on any atom is 0.265 e. The van der Waals surface area contributed by atoms with Crippen LogP contribution in [0.3, 0.4) is 0 Å². The smallest absolute Gasteiger partial charge is 0.265 e. The summed E-state index contributed by atoms with van der Waals surface area (Å²) in [5.41, 5.74) is 0. The quantitative estimate of drug-likeness (QED) is 0.543. The average Bonchev–Trinajstić information content (AvgIpc) is 2.14. The van der Waals surface area contributed by atoms with Gasteiger partial charge in [0.15, 0.2) is 0 Å². The van der Waals surface area contributed by atoms with Crippen LogP contribution in [0.1, 0.15) is 19.3 Å². The minimum Gasteiger partial charge on any atom is -0.385 e. The molecule has 0 spiro atoms. The summed E-state index contributed by atoms with van der Waals surface area (Å²) < 4.78 is 23.6. The summed E-state index contributed by atoms with van der Waals surface area (Å²) in [7, 11) is 0. The number of carbonyl (C=O) groups is 1. The monoisotopic (exact) mass is 273 g/mol. The lowest BCUT2D eigenvalue weighted by molar-refractivity contribution is -0.122. The fourth-order valence-corrected chi connectivity index (χ4v) is 1.17. The number of hydrogen-bond acceptors (Lipinski definition) is 2. The van der Waals surface area contributed by atoms with E-state index in [1.165, 1.54) is 0 Å². The topological polar surface area (TPSA) is 49.3 Å². The van der Waals surface area contributed by atoms with Crippen LogP contribution in [0.2, 0.25) is 0 Å². The summed E-state index contributed by atoms with van der Waals surface area (Å²) in [5.74, 6) is -0.300. The van der Waals surface area contributed by atoms with E-state index < -0.39 is 12.5 Å². The van der Waals surface area contributed by atoms with Crippen LogP contribution in [0.25, 0.3) is 0 Å². The van der Waals surface area contributed by atoms with Gasteiger partial charge >= 0.3 is 0 Å². The molecule has 14 heavy (non-hydrogen) atoms. The van der Waals surface area contributed by atoms with Crippen LogP contribution >= 0.6 is 15.9 Å². The van der Waals surface area contributed by atoms with E-state index in [1.54, 1.807) is 0 Å². The fraction of sp³-hybridized carbons (Fsp3) is 0.875. The van der Waals surface area contributed by atoms with Gasteiger partial charge in [-0.15, -0.1) is 0 Å². The van der Waals surface area contributed by atoms with E-state index in [0.717, 1.165) is 11.8 Å². The normalized spacial score (nSPS) is 12.9. The van der Waals surface area contributed by atoms with E-state index in [2.05, 4.69) is 21.2 Å². The molecule has 0 radical (unpaired) electrons. The van der Waals surface area contributed by atoms with Gasteiger partial charge in [-0.3, -0.25) is 4.79 Å². The molecule has 0 saturated carbocycles. The molecule has 0 fully saturated rings. The highest BCUT2D eigenvalue weighted by Gasteiger charge is 2.16. The Morgan fingerprint density at radius 1 is 1.43 bits per heavy atom. The van der Waals surface area contributed by atoms with Gasteiger partial charge in [-0.25, -0.2) is 8.78 Å². The lowest BCUT2D eigenvalue weighted by atomic mass is 10.2. The molecule has 0 bridgehead atoms. The number of aliphatic hydroxyl groups is 1. The summed E-state index contributed by atoms with van der Waals surface area (Å²) in [6.07, 6.45) is -2.69. The predicted molar refractivity (Wildman–Crippen MR) is 52.7 cm³/mol. The number of nitrogens with one attached hydrogen (secondary N) is 1. The Hall–Kier alpha value is -0.230. The third-order valence-electron chi connectivity index (χ3n) is 1.59. The molecule has 2 N–H and O–H groups in total. The molecule has 1 atom stereocenters. The zero-order valence-corrected chi connectivity index (χ0v) is 9.27. The molecule has 0 heterocycles. The minimum absolute atomic E-state index is 0.300. The van der Waals surface area contributed by atoms with Gasteiger partial charge in [-0.2, -0.15) is 0 Å². The third-order valence-corrected chi connectivity index (χ3v) is 2.15. The molecule has 0 saturated heterocycles. The number of rotatable bonds is 7. The standard InChI is InChI=1S/C8H14BrF2NO2/c9-4-2-1-3-7(14)12-5-6(13)8(10)11/h6,8,13H,1-5H2,(H,12,14). The molecule has 0 rings (SSSR count). The van der Waals surface area contributed by atoms with E-state index >= 15 is 0 Å². The SMILES string of the molecule is O=C(CCCCBr)NCC(O)C(F)F. The maximum atomic E-state index is 11.8. The van der Waals surface area contributed by atoms with Gasteiger partial charge in [-0.05, 0) is 12.8 Å². The molecule has 84 valence electrons. The Kier molecular flexibility index (Phi) is 7.98. The number of unbranched alkanes of at least 4 members (excludes halogenated alkanes) is 1. The second-order valence-corrected chi connectivity index (χ2v) is 3.64. The second-order valence-electron chi connectivity index (χ2n) is 2.85. The van der Waals surface area contributed by atoms with E-state index in [1.807, 2.05) is 0 Å². The molecule has 1 unspecified atom stereocenters. The first-order valence-corrected chi connectivity index (χ1v) is 5.49. The van der Waals surface area contributed by atoms with Crippen LogP contribution in [0.5, 0.6) is 0 Å². The Bertz CT molecular complexity index is 169. The van der Waals surface area contributed by atoms with Crippen molar-refractivity contribution in [2.75, 3.05) is 11.9 Å². The molecule has 1 amide bonds. The van der Waals surface area contributed by atoms with Crippen molar-refractivity contribution < 1.29 is 18.7 Å². The van der Waals surface area contributed by atoms with Gasteiger partial charge < -0.3 is 10.4 Å². The number of hydrogen-bond donors (Lipinski definition) is 2. The van der Waals surface area contributed by atoms with Crippen molar-refractivity contribution in [1.29, 1.82) is 0 Å². The van der Waals surface area contributed by atoms with Crippen molar-refractivity contribution in [1.82, 2.24) is 5.32 Å². The summed E-state index contributed by atoms with van der Waals surface area (Å²) >= 11 is 3.21. The Morgan fingerprint density at radius 2 is 2.07 bits per heavy atom. The average molecular weight is 274 g/mol. The summed E-state index contributed by atoms with van der Waals surface area (Å²) in [5, 5.41) is 11.7. The molecular weight excluding hydrogens is 260 g/mol. The molecule has 0 aliphatic rings. The van der Waals surface area contributed by atoms with E-state index in [4.69, 9.17) is 5.11 Å². The minimum atomic E-state index is -2.81. The second kappa shape index (κ2) is 8.11. The Balaban J connectivity index is 3.44. The summed E-state index contributed by atoms with van der Waals surface area (Å²) in [6, 6.07) is 0. The van der Waals surface area contributed by atoms with Gasteiger partial charge in [0.05, 0.1) is 0 Å². The van der Waals surface area contributed by atoms with Crippen LogP contribution in [0, 0.1) is 0 Å². The highest BCUT2D eigenvalue weighted by atomic mass is 79.9. The number of halogens is 3. The molecule has 6 heteroatoms. The molecule has 0 aromatic carbocycles. The lowest BCUT2D eigenvalue weighted by Crippen LogP contribution is -2.35. The summed E-state index contributed by atoms with van der Waals surface area (Å²) in [6.45, 7) is -0.384. The largest absolute Gasteiger partial charge is 0.385 e. The van der Waals surface area contributed by atoms with Crippen molar-refractivity contribution in [3.63, 3.8) is 0 Å². The molecular formula is C8H14BrF2NO2. The van der Waals surface area contributed by atoms with Crippen molar-refractivity contribution >= 4 is 21.8 Å². The molecule has 0 aromatic rings. The highest BCUT2D eigenvalue weighted by molar-refractivity contribution is 9.09. The van der Waals surface area contributed by atoms with Crippen molar-refractivity contribution in [2.45, 2.75) is 31.8 Å². The molecule has 3 nitrogen and oxygen atoms in total. The first-order chi connectivity index (χ1) is 6.57. The van der Waals surface area contributed by atoms with E-state index in [9.17, 15) is 13.6 Å². The predicted octanol–water partition coefficient (Wildman–Crippen LogP) is 1.29. The van der Waals surface area contributed by atoms with Gasteiger partial charge in [0.1, 0.15) is 6.10 Å². The van der Waals surface area contributed by atoms with Crippen LogP contribution in [-0.2, 0) is 4.79 Å². The number of aliphatic hydroxyl groups excluding tert-OH is 1. The van der Waals surface area contributed by atoms with Gasteiger partial charge in [-0.1, -0.05) is 15.9 Å². The molecule has 0 aromatic heterocycles. The molecule has 0 aliphatic carbocycles. The van der Waals surface area contributed by atoms with E-state index in [0.29, 0.717) is 12.8 Å². The third kappa shape index (κ3) is 7.20. The fourth-order valence-electron chi connectivity index (χ4n) is 0.776. The van der Waals surface area contributed by atoms with Gasteiger partial charge in [0, 0.05) is 18.3 Å². The van der Waals surface area contributed by atoms with Gasteiger partial charge in [0.2, 0.25) is 5.91 Å². The number of alkyl halides is 3. The highest BCUT2D eigenvalue weighted by Crippen LogP contribution is 2.00. The van der Waals surface area contributed by atoms with Crippen molar-refractivity contribution in [3.8, 4) is 0 Å². The number of amides is 1. The van der Waals surface area contributed by atoms with Crippen LogP contribution in [0.4, 0.5) is 8.78 Å². The van der Waals surface area contributed by atoms with Crippen molar-refractivity contribution in [3.05, 3.63) is 0 Å². The zero-order valence-electron chi connectivity index (χ0n) is 7.68. The number of carbonyl (C=O) groups excluding carboxylic acids is 1. The first kappa shape index (κ1) is 13.8. The maximum absolute atomic E-state index is 11.8. The van der Waals surface area contributed by atoms with E-state index in [-0.39, 0.29) is 12.5 Å². The zero-order chi connectivity index (χ0) is 11.0. The first-order valence-electron chi connectivity index (χ1n) is 4.36. The van der Waals surface area contributed by atoms with Crippen molar-refractivity contribution in [2.24, 2.45) is 0 Å². The lowest BCUT2D eigenvalue weighted by Gasteiger charge is -2.10. The Labute approximate surface area is 90.0 Å².